The van der Waals surface area contributed by atoms with Crippen LogP contribution in [0, 0.1) is 0 Å². The molecule has 1 N–H and O–H groups in total. The van der Waals surface area contributed by atoms with Crippen molar-refractivity contribution in [1.82, 2.24) is 19.9 Å². The molecular weight excluding hydrogens is 494 g/mol. The summed E-state index contributed by atoms with van der Waals surface area (Å²) in [5.74, 6) is 2.25. The van der Waals surface area contributed by atoms with Gasteiger partial charge in [0.25, 0.3) is 0 Å². The van der Waals surface area contributed by atoms with Gasteiger partial charge in [0.2, 0.25) is 0 Å². The van der Waals surface area contributed by atoms with E-state index < -0.39 is 0 Å². The Balaban J connectivity index is 1.36. The van der Waals surface area contributed by atoms with Gasteiger partial charge in [0.05, 0.1) is 18.8 Å². The van der Waals surface area contributed by atoms with Gasteiger partial charge in [-0.3, -0.25) is 9.97 Å². The van der Waals surface area contributed by atoms with Crippen LogP contribution < -0.4 is 19.7 Å². The van der Waals surface area contributed by atoms with Gasteiger partial charge < -0.3 is 24.3 Å². The average Bonchev–Trinajstić information content (AvgIpc) is 3.59. The summed E-state index contributed by atoms with van der Waals surface area (Å²) < 4.78 is 13.5. The molecule has 7 nitrogen and oxygen atoms in total. The number of hydrogen-bond acceptors (Lipinski definition) is 5. The van der Waals surface area contributed by atoms with Crippen molar-refractivity contribution >= 4 is 23.0 Å². The van der Waals surface area contributed by atoms with Crippen LogP contribution >= 0.6 is 12.2 Å². The molecule has 1 aliphatic rings. The molecule has 38 heavy (non-hydrogen) atoms. The van der Waals surface area contributed by atoms with Crippen LogP contribution in [-0.2, 0) is 0 Å². The number of pyridine rings is 2. The lowest BCUT2D eigenvalue weighted by Gasteiger charge is -2.29. The molecule has 0 spiro atoms. The quantitative estimate of drug-likeness (QED) is 0.255. The van der Waals surface area contributed by atoms with Crippen molar-refractivity contribution in [3.63, 3.8) is 0 Å². The molecule has 2 aromatic carbocycles. The van der Waals surface area contributed by atoms with E-state index in [4.69, 9.17) is 21.7 Å². The van der Waals surface area contributed by atoms with Crippen molar-refractivity contribution in [1.29, 1.82) is 0 Å². The predicted octanol–water partition coefficient (Wildman–Crippen LogP) is 6.25. The molecule has 0 aliphatic carbocycles. The summed E-state index contributed by atoms with van der Waals surface area (Å²) in [5.41, 5.74) is 3.98. The number of ether oxygens (including phenoxy) is 2. The molecule has 4 heterocycles. The molecule has 6 rings (SSSR count). The molecule has 3 aromatic heterocycles. The summed E-state index contributed by atoms with van der Waals surface area (Å²) >= 11 is 5.90. The fourth-order valence-electron chi connectivity index (χ4n) is 4.76. The van der Waals surface area contributed by atoms with Crippen molar-refractivity contribution in [2.75, 3.05) is 12.0 Å². The smallest absolute Gasteiger partial charge is 0.174 e. The zero-order valence-electron chi connectivity index (χ0n) is 20.6. The third-order valence-electron chi connectivity index (χ3n) is 6.53. The maximum absolute atomic E-state index is 6.05. The molecular formula is C30H25N5O2S. The highest BCUT2D eigenvalue weighted by atomic mass is 32.1. The Hall–Kier alpha value is -4.69. The van der Waals surface area contributed by atoms with Crippen LogP contribution in [0.4, 0.5) is 5.69 Å². The molecule has 188 valence electrons. The lowest BCUT2D eigenvalue weighted by atomic mass is 10.0. The summed E-state index contributed by atoms with van der Waals surface area (Å²) in [7, 11) is 1.64. The number of thiocarbonyl (C=S) groups is 1. The Morgan fingerprint density at radius 3 is 2.16 bits per heavy atom. The van der Waals surface area contributed by atoms with Crippen molar-refractivity contribution in [2.24, 2.45) is 0 Å². The van der Waals surface area contributed by atoms with E-state index in [0.29, 0.717) is 5.11 Å². The molecule has 1 aliphatic heterocycles. The third kappa shape index (κ3) is 4.57. The van der Waals surface area contributed by atoms with E-state index in [1.807, 2.05) is 85.1 Å². The van der Waals surface area contributed by atoms with Crippen molar-refractivity contribution in [3.05, 3.63) is 127 Å². The lowest BCUT2D eigenvalue weighted by Crippen LogP contribution is -2.30. The SMILES string of the molecule is COc1ccc(Oc2ccc(N3C(=S)N[C@@H](c4ccccn4)[C@@H]3c3cccn3-c3ccncc3)cc2)cc1. The minimum Gasteiger partial charge on any atom is -0.497 e. The van der Waals surface area contributed by atoms with Crippen molar-refractivity contribution in [3.8, 4) is 22.9 Å². The summed E-state index contributed by atoms with van der Waals surface area (Å²) in [6.45, 7) is 0. The normalized spacial score (nSPS) is 16.8. The number of nitrogens with zero attached hydrogens (tertiary/aromatic N) is 4. The Kier molecular flexibility index (Phi) is 6.46. The number of nitrogens with one attached hydrogen (secondary N) is 1. The molecule has 5 aromatic rings. The molecule has 1 fully saturated rings. The van der Waals surface area contributed by atoms with Gasteiger partial charge in [-0.05, 0) is 97.1 Å². The zero-order valence-corrected chi connectivity index (χ0v) is 21.5. The fourth-order valence-corrected chi connectivity index (χ4v) is 5.11. The monoisotopic (exact) mass is 519 g/mol. The summed E-state index contributed by atoms with van der Waals surface area (Å²) in [6.07, 6.45) is 7.47. The first-order valence-corrected chi connectivity index (χ1v) is 12.6. The van der Waals surface area contributed by atoms with Gasteiger partial charge in [-0.25, -0.2) is 0 Å². The fraction of sp³-hybridized carbons (Fsp3) is 0.100. The molecule has 0 bridgehead atoms. The largest absolute Gasteiger partial charge is 0.497 e. The number of methoxy groups -OCH3 is 1. The first-order valence-electron chi connectivity index (χ1n) is 12.2. The third-order valence-corrected chi connectivity index (χ3v) is 6.85. The van der Waals surface area contributed by atoms with Gasteiger partial charge in [-0.15, -0.1) is 0 Å². The summed E-state index contributed by atoms with van der Waals surface area (Å²) in [6, 6.07) is 29.3. The maximum Gasteiger partial charge on any atom is 0.174 e. The van der Waals surface area contributed by atoms with Crippen LogP contribution in [0.5, 0.6) is 17.2 Å². The second-order valence-electron chi connectivity index (χ2n) is 8.78. The number of hydrogen-bond donors (Lipinski definition) is 1. The maximum atomic E-state index is 6.05. The van der Waals surface area contributed by atoms with Gasteiger partial charge >= 0.3 is 0 Å². The van der Waals surface area contributed by atoms with E-state index in [2.05, 4.69) is 43.1 Å². The average molecular weight is 520 g/mol. The van der Waals surface area contributed by atoms with Crippen LogP contribution in [0.1, 0.15) is 23.5 Å². The van der Waals surface area contributed by atoms with Crippen molar-refractivity contribution in [2.45, 2.75) is 12.1 Å². The Morgan fingerprint density at radius 1 is 0.763 bits per heavy atom. The minimum atomic E-state index is -0.145. The van der Waals surface area contributed by atoms with E-state index in [0.717, 1.165) is 40.0 Å². The van der Waals surface area contributed by atoms with Crippen LogP contribution in [-0.4, -0.2) is 26.8 Å². The first-order chi connectivity index (χ1) is 18.7. The Labute approximate surface area is 226 Å². The number of benzene rings is 2. The van der Waals surface area contributed by atoms with Crippen LogP contribution in [0.3, 0.4) is 0 Å². The van der Waals surface area contributed by atoms with Crippen LogP contribution in [0.2, 0.25) is 0 Å². The molecule has 0 radical (unpaired) electrons. The molecule has 2 atom stereocenters. The van der Waals surface area contributed by atoms with E-state index in [-0.39, 0.29) is 12.1 Å². The van der Waals surface area contributed by atoms with Gasteiger partial charge in [-0.2, -0.15) is 0 Å². The topological polar surface area (TPSA) is 64.4 Å². The van der Waals surface area contributed by atoms with E-state index in [1.54, 1.807) is 19.5 Å². The number of aromatic nitrogens is 3. The van der Waals surface area contributed by atoms with Crippen LogP contribution in [0.25, 0.3) is 5.69 Å². The van der Waals surface area contributed by atoms with Gasteiger partial charge in [0.1, 0.15) is 23.3 Å². The number of anilines is 1. The zero-order chi connectivity index (χ0) is 25.9. The van der Waals surface area contributed by atoms with Gasteiger partial charge in [0, 0.05) is 41.9 Å². The number of rotatable bonds is 7. The van der Waals surface area contributed by atoms with Gasteiger partial charge in [-0.1, -0.05) is 6.07 Å². The van der Waals surface area contributed by atoms with E-state index >= 15 is 0 Å². The second kappa shape index (κ2) is 10.4. The molecule has 8 heteroatoms. The summed E-state index contributed by atoms with van der Waals surface area (Å²) in [4.78, 5) is 11.0. The molecule has 1 saturated heterocycles. The second-order valence-corrected chi connectivity index (χ2v) is 9.16. The highest BCUT2D eigenvalue weighted by Gasteiger charge is 2.42. The molecule has 0 saturated carbocycles. The molecule has 0 amide bonds. The predicted molar refractivity (Wildman–Crippen MR) is 151 cm³/mol. The highest BCUT2D eigenvalue weighted by molar-refractivity contribution is 7.80. The lowest BCUT2D eigenvalue weighted by molar-refractivity contribution is 0.413. The highest BCUT2D eigenvalue weighted by Crippen LogP contribution is 2.42. The minimum absolute atomic E-state index is 0.144. The Bertz CT molecular complexity index is 1520. The van der Waals surface area contributed by atoms with Crippen LogP contribution in [0.15, 0.2) is 116 Å². The first kappa shape index (κ1) is 23.7. The Morgan fingerprint density at radius 2 is 1.47 bits per heavy atom. The van der Waals surface area contributed by atoms with Gasteiger partial charge in [0.15, 0.2) is 5.11 Å². The van der Waals surface area contributed by atoms with Crippen molar-refractivity contribution < 1.29 is 9.47 Å². The standard InChI is InChI=1S/C30H25N5O2S/c1-36-23-11-13-25(14-12-23)37-24-9-7-22(8-10-24)35-29(28(33-30(35)38)26-5-2-3-17-32-26)27-6-4-20-34(27)21-15-18-31-19-16-21/h2-20,28-29H,1H3,(H,33,38)/t28-,29-/m0/s1. The van der Waals surface area contributed by atoms with E-state index in [1.165, 1.54) is 0 Å². The molecule has 0 unspecified atom stereocenters. The van der Waals surface area contributed by atoms with E-state index in [9.17, 15) is 0 Å². The summed E-state index contributed by atoms with van der Waals surface area (Å²) in [5, 5.41) is 4.16.